The van der Waals surface area contributed by atoms with Crippen LogP contribution in [0.2, 0.25) is 0 Å². The number of carbonyl (C=O) groups is 2. The molecular formula is C11H16F3NO3. The number of carbonyl (C=O) groups excluding carboxylic acids is 1. The summed E-state index contributed by atoms with van der Waals surface area (Å²) in [6.07, 6.45) is -0.355. The molecule has 7 heteroatoms. The average Bonchev–Trinajstić information content (AvgIpc) is 2.28. The highest BCUT2D eigenvalue weighted by Gasteiger charge is 2.41. The van der Waals surface area contributed by atoms with Crippen LogP contribution in [-0.4, -0.2) is 29.2 Å². The third-order valence-electron chi connectivity index (χ3n) is 3.15. The Bertz CT molecular complexity index is 311. The fourth-order valence-corrected chi connectivity index (χ4v) is 2.22. The van der Waals surface area contributed by atoms with Gasteiger partial charge in [-0.25, -0.2) is 4.79 Å². The SMILES string of the molecule is O=C(O)[C@@H](CC1CCCCC1)NC(=O)C(F)(F)F. The summed E-state index contributed by atoms with van der Waals surface area (Å²) >= 11 is 0. The second kappa shape index (κ2) is 6.06. The van der Waals surface area contributed by atoms with E-state index in [2.05, 4.69) is 0 Å². The Labute approximate surface area is 103 Å². The number of amides is 1. The number of hydrogen-bond donors (Lipinski definition) is 2. The van der Waals surface area contributed by atoms with E-state index in [4.69, 9.17) is 5.11 Å². The molecule has 1 saturated carbocycles. The average molecular weight is 267 g/mol. The van der Waals surface area contributed by atoms with Crippen molar-refractivity contribution >= 4 is 11.9 Å². The van der Waals surface area contributed by atoms with Gasteiger partial charge in [0.1, 0.15) is 6.04 Å². The lowest BCUT2D eigenvalue weighted by atomic mass is 9.85. The van der Waals surface area contributed by atoms with Crippen LogP contribution < -0.4 is 5.32 Å². The van der Waals surface area contributed by atoms with Gasteiger partial charge in [0.2, 0.25) is 0 Å². The molecule has 0 bridgehead atoms. The Balaban J connectivity index is 2.54. The summed E-state index contributed by atoms with van der Waals surface area (Å²) in [5, 5.41) is 10.4. The number of alkyl halides is 3. The van der Waals surface area contributed by atoms with Crippen LogP contribution in [0.15, 0.2) is 0 Å². The van der Waals surface area contributed by atoms with Gasteiger partial charge in [0.05, 0.1) is 0 Å². The predicted octanol–water partition coefficient (Wildman–Crippen LogP) is 2.09. The van der Waals surface area contributed by atoms with Crippen LogP contribution in [0.3, 0.4) is 0 Å². The van der Waals surface area contributed by atoms with Crippen molar-refractivity contribution in [1.29, 1.82) is 0 Å². The number of nitrogens with one attached hydrogen (secondary N) is 1. The maximum atomic E-state index is 12.0. The Morgan fingerprint density at radius 3 is 2.22 bits per heavy atom. The number of carboxylic acid groups (broad SMARTS) is 1. The first-order valence-electron chi connectivity index (χ1n) is 5.91. The van der Waals surface area contributed by atoms with E-state index < -0.39 is 24.1 Å². The van der Waals surface area contributed by atoms with E-state index in [0.717, 1.165) is 32.1 Å². The molecule has 2 N–H and O–H groups in total. The standard InChI is InChI=1S/C11H16F3NO3/c12-11(13,14)10(18)15-8(9(16)17)6-7-4-2-1-3-5-7/h7-8H,1-6H2,(H,15,18)(H,16,17)/t8-/m1/s1. The largest absolute Gasteiger partial charge is 0.480 e. The van der Waals surface area contributed by atoms with Gasteiger partial charge in [0.25, 0.3) is 0 Å². The summed E-state index contributed by atoms with van der Waals surface area (Å²) in [6, 6.07) is -1.46. The highest BCUT2D eigenvalue weighted by atomic mass is 19.4. The van der Waals surface area contributed by atoms with Crippen molar-refractivity contribution in [3.8, 4) is 0 Å². The Hall–Kier alpha value is -1.27. The zero-order valence-electron chi connectivity index (χ0n) is 9.79. The number of rotatable bonds is 4. The number of aliphatic carboxylic acids is 1. The van der Waals surface area contributed by atoms with E-state index in [-0.39, 0.29) is 12.3 Å². The minimum absolute atomic E-state index is 0.0666. The molecule has 104 valence electrons. The lowest BCUT2D eigenvalue weighted by Gasteiger charge is -2.25. The quantitative estimate of drug-likeness (QED) is 0.819. The highest BCUT2D eigenvalue weighted by Crippen LogP contribution is 2.27. The van der Waals surface area contributed by atoms with Crippen LogP contribution >= 0.6 is 0 Å². The number of hydrogen-bond acceptors (Lipinski definition) is 2. The van der Waals surface area contributed by atoms with E-state index in [9.17, 15) is 22.8 Å². The van der Waals surface area contributed by atoms with E-state index in [1.165, 1.54) is 0 Å². The van der Waals surface area contributed by atoms with Crippen molar-refractivity contribution in [2.75, 3.05) is 0 Å². The van der Waals surface area contributed by atoms with Crippen LogP contribution in [0.25, 0.3) is 0 Å². The molecule has 1 aliphatic carbocycles. The highest BCUT2D eigenvalue weighted by molar-refractivity contribution is 5.86. The summed E-state index contributed by atoms with van der Waals surface area (Å²) in [5.41, 5.74) is 0. The molecule has 0 aromatic carbocycles. The fraction of sp³-hybridized carbons (Fsp3) is 0.818. The Morgan fingerprint density at radius 2 is 1.78 bits per heavy atom. The number of carboxylic acids is 1. The molecule has 1 rings (SSSR count). The van der Waals surface area contributed by atoms with E-state index in [1.807, 2.05) is 0 Å². The molecule has 0 saturated heterocycles. The molecule has 1 fully saturated rings. The van der Waals surface area contributed by atoms with Crippen molar-refractivity contribution in [2.45, 2.75) is 50.7 Å². The molecule has 0 heterocycles. The minimum atomic E-state index is -5.04. The topological polar surface area (TPSA) is 66.4 Å². The molecule has 0 aromatic rings. The summed E-state index contributed by atoms with van der Waals surface area (Å²) in [6.45, 7) is 0. The molecule has 1 aliphatic rings. The van der Waals surface area contributed by atoms with E-state index in [1.54, 1.807) is 5.32 Å². The molecule has 18 heavy (non-hydrogen) atoms. The maximum Gasteiger partial charge on any atom is 0.471 e. The molecule has 0 aromatic heterocycles. The lowest BCUT2D eigenvalue weighted by Crippen LogP contribution is -2.47. The van der Waals surface area contributed by atoms with Crippen LogP contribution in [0.5, 0.6) is 0 Å². The summed E-state index contributed by atoms with van der Waals surface area (Å²) < 4.78 is 36.1. The van der Waals surface area contributed by atoms with Gasteiger partial charge < -0.3 is 10.4 Å². The van der Waals surface area contributed by atoms with Gasteiger partial charge in [-0.1, -0.05) is 32.1 Å². The Morgan fingerprint density at radius 1 is 1.22 bits per heavy atom. The van der Waals surface area contributed by atoms with Gasteiger partial charge in [0, 0.05) is 0 Å². The first-order chi connectivity index (χ1) is 8.30. The third-order valence-corrected chi connectivity index (χ3v) is 3.15. The number of halogens is 3. The van der Waals surface area contributed by atoms with Gasteiger partial charge in [-0.2, -0.15) is 13.2 Å². The van der Waals surface area contributed by atoms with Crippen molar-refractivity contribution in [2.24, 2.45) is 5.92 Å². The summed E-state index contributed by atoms with van der Waals surface area (Å²) in [4.78, 5) is 21.6. The van der Waals surface area contributed by atoms with E-state index >= 15 is 0 Å². The minimum Gasteiger partial charge on any atom is -0.480 e. The van der Waals surface area contributed by atoms with Crippen molar-refractivity contribution in [3.05, 3.63) is 0 Å². The first kappa shape index (κ1) is 14.8. The smallest absolute Gasteiger partial charge is 0.471 e. The zero-order chi connectivity index (χ0) is 13.8. The maximum absolute atomic E-state index is 12.0. The molecule has 0 radical (unpaired) electrons. The first-order valence-corrected chi connectivity index (χ1v) is 5.91. The molecule has 4 nitrogen and oxygen atoms in total. The van der Waals surface area contributed by atoms with E-state index in [0.29, 0.717) is 0 Å². The molecule has 0 spiro atoms. The summed E-state index contributed by atoms with van der Waals surface area (Å²) in [7, 11) is 0. The lowest BCUT2D eigenvalue weighted by molar-refractivity contribution is -0.175. The summed E-state index contributed by atoms with van der Waals surface area (Å²) in [5.74, 6) is -3.53. The molecule has 1 atom stereocenters. The molecule has 0 unspecified atom stereocenters. The fourth-order valence-electron chi connectivity index (χ4n) is 2.22. The predicted molar refractivity (Wildman–Crippen MR) is 56.8 cm³/mol. The third kappa shape index (κ3) is 4.54. The van der Waals surface area contributed by atoms with Gasteiger partial charge >= 0.3 is 18.1 Å². The van der Waals surface area contributed by atoms with Gasteiger partial charge in [-0.15, -0.1) is 0 Å². The van der Waals surface area contributed by atoms with Crippen LogP contribution in [-0.2, 0) is 9.59 Å². The van der Waals surface area contributed by atoms with Crippen molar-refractivity contribution in [1.82, 2.24) is 5.32 Å². The molecule has 1 amide bonds. The molecule has 0 aliphatic heterocycles. The zero-order valence-corrected chi connectivity index (χ0v) is 9.79. The van der Waals surface area contributed by atoms with Crippen LogP contribution in [0.4, 0.5) is 13.2 Å². The van der Waals surface area contributed by atoms with Crippen molar-refractivity contribution < 1.29 is 27.9 Å². The second-order valence-electron chi connectivity index (χ2n) is 4.60. The van der Waals surface area contributed by atoms with Gasteiger partial charge in [0.15, 0.2) is 0 Å². The van der Waals surface area contributed by atoms with Crippen LogP contribution in [0, 0.1) is 5.92 Å². The van der Waals surface area contributed by atoms with Gasteiger partial charge in [-0.05, 0) is 12.3 Å². The van der Waals surface area contributed by atoms with Gasteiger partial charge in [-0.3, -0.25) is 4.79 Å². The monoisotopic (exact) mass is 267 g/mol. The van der Waals surface area contributed by atoms with Crippen LogP contribution in [0.1, 0.15) is 38.5 Å². The Kier molecular flexibility index (Phi) is 4.98. The normalized spacial score (nSPS) is 19.3. The molecular weight excluding hydrogens is 251 g/mol. The second-order valence-corrected chi connectivity index (χ2v) is 4.60. The van der Waals surface area contributed by atoms with Crippen molar-refractivity contribution in [3.63, 3.8) is 0 Å².